The van der Waals surface area contributed by atoms with Gasteiger partial charge in [0.05, 0.1) is 6.61 Å². The summed E-state index contributed by atoms with van der Waals surface area (Å²) in [7, 11) is 0. The summed E-state index contributed by atoms with van der Waals surface area (Å²) < 4.78 is 30.1. The first kappa shape index (κ1) is 21.5. The van der Waals surface area contributed by atoms with Gasteiger partial charge in [0.2, 0.25) is 6.79 Å². The molecule has 2 aliphatic heterocycles. The van der Waals surface area contributed by atoms with E-state index in [1.165, 1.54) is 17.7 Å². The van der Waals surface area contributed by atoms with Crippen molar-refractivity contribution in [3.05, 3.63) is 78.1 Å². The first-order valence-corrected chi connectivity index (χ1v) is 10.4. The van der Waals surface area contributed by atoms with Crippen LogP contribution in [0, 0.1) is 11.7 Å². The summed E-state index contributed by atoms with van der Waals surface area (Å²) in [5, 5.41) is 3.49. The zero-order valence-corrected chi connectivity index (χ0v) is 17.9. The molecule has 0 aliphatic carbocycles. The van der Waals surface area contributed by atoms with E-state index in [1.807, 2.05) is 30.3 Å². The van der Waals surface area contributed by atoms with Crippen LogP contribution in [0.1, 0.15) is 17.9 Å². The predicted octanol–water partition coefficient (Wildman–Crippen LogP) is 5.42. The van der Waals surface area contributed by atoms with Gasteiger partial charge < -0.3 is 19.5 Å². The molecule has 1 N–H and O–H groups in total. The summed E-state index contributed by atoms with van der Waals surface area (Å²) in [6.45, 7) is 2.83. The molecule has 0 spiro atoms. The van der Waals surface area contributed by atoms with E-state index in [0.717, 1.165) is 47.9 Å². The summed E-state index contributed by atoms with van der Waals surface area (Å²) in [6, 6.07) is 21.0. The third-order valence-electron chi connectivity index (χ3n) is 5.93. The van der Waals surface area contributed by atoms with Crippen molar-refractivity contribution >= 4 is 12.4 Å². The Morgan fingerprint density at radius 1 is 0.903 bits per heavy atom. The van der Waals surface area contributed by atoms with Gasteiger partial charge in [0.15, 0.2) is 11.5 Å². The van der Waals surface area contributed by atoms with Crippen molar-refractivity contribution in [2.45, 2.75) is 12.3 Å². The molecule has 162 valence electrons. The van der Waals surface area contributed by atoms with Crippen LogP contribution in [0.2, 0.25) is 0 Å². The van der Waals surface area contributed by atoms with Crippen LogP contribution >= 0.6 is 12.4 Å². The first-order valence-electron chi connectivity index (χ1n) is 10.4. The Bertz CT molecular complexity index is 1010. The van der Waals surface area contributed by atoms with Crippen LogP contribution in [0.25, 0.3) is 11.1 Å². The van der Waals surface area contributed by atoms with Gasteiger partial charge in [-0.05, 0) is 59.8 Å². The van der Waals surface area contributed by atoms with E-state index in [-0.39, 0.29) is 25.0 Å². The Morgan fingerprint density at radius 2 is 1.61 bits per heavy atom. The third kappa shape index (κ3) is 4.78. The molecule has 0 saturated carbocycles. The molecular formula is C25H25ClFNO3. The number of halogens is 2. The topological polar surface area (TPSA) is 39.7 Å². The van der Waals surface area contributed by atoms with Crippen LogP contribution in [-0.2, 0) is 0 Å². The van der Waals surface area contributed by atoms with Gasteiger partial charge in [-0.2, -0.15) is 0 Å². The van der Waals surface area contributed by atoms with Crippen molar-refractivity contribution in [3.8, 4) is 28.4 Å². The Hall–Kier alpha value is -2.76. The highest BCUT2D eigenvalue weighted by molar-refractivity contribution is 5.85. The molecule has 2 heterocycles. The van der Waals surface area contributed by atoms with Gasteiger partial charge in [-0.1, -0.05) is 36.4 Å². The molecule has 1 saturated heterocycles. The van der Waals surface area contributed by atoms with E-state index in [4.69, 9.17) is 14.2 Å². The van der Waals surface area contributed by atoms with Crippen LogP contribution in [0.5, 0.6) is 17.2 Å². The van der Waals surface area contributed by atoms with Gasteiger partial charge in [-0.3, -0.25) is 0 Å². The van der Waals surface area contributed by atoms with E-state index < -0.39 is 0 Å². The standard InChI is InChI=1S/C25H24FNO3.ClH/c26-21-7-5-18(6-8-21)17-1-3-19(4-2-17)23-11-12-27-14-20(23)15-28-22-9-10-24-25(13-22)30-16-29-24;/h1-10,13,20,23,27H,11-12,14-16H2;1H/t20-,23-;/m1./s1. The van der Waals surface area contributed by atoms with Crippen LogP contribution in [0.3, 0.4) is 0 Å². The molecule has 2 atom stereocenters. The van der Waals surface area contributed by atoms with Crippen molar-refractivity contribution in [2.75, 3.05) is 26.5 Å². The highest BCUT2D eigenvalue weighted by atomic mass is 35.5. The number of rotatable bonds is 5. The molecular weight excluding hydrogens is 417 g/mol. The van der Waals surface area contributed by atoms with E-state index >= 15 is 0 Å². The zero-order chi connectivity index (χ0) is 20.3. The molecule has 0 radical (unpaired) electrons. The number of benzene rings is 3. The Labute approximate surface area is 187 Å². The van der Waals surface area contributed by atoms with E-state index in [2.05, 4.69) is 29.6 Å². The van der Waals surface area contributed by atoms with Crippen LogP contribution in [-0.4, -0.2) is 26.5 Å². The largest absolute Gasteiger partial charge is 0.493 e. The van der Waals surface area contributed by atoms with Gasteiger partial charge in [0, 0.05) is 18.5 Å². The SMILES string of the molecule is Cl.Fc1ccc(-c2ccc([C@H]3CCNC[C@@H]3COc3ccc4c(c3)OCO4)cc2)cc1. The average Bonchev–Trinajstić information content (AvgIpc) is 3.27. The van der Waals surface area contributed by atoms with Crippen molar-refractivity contribution in [3.63, 3.8) is 0 Å². The summed E-state index contributed by atoms with van der Waals surface area (Å²) in [6.07, 6.45) is 1.07. The fraction of sp³-hybridized carbons (Fsp3) is 0.280. The highest BCUT2D eigenvalue weighted by Crippen LogP contribution is 2.36. The maximum absolute atomic E-state index is 13.2. The van der Waals surface area contributed by atoms with Crippen molar-refractivity contribution in [1.82, 2.24) is 5.32 Å². The normalized spacial score (nSPS) is 19.5. The summed E-state index contributed by atoms with van der Waals surface area (Å²) in [5.41, 5.74) is 3.44. The van der Waals surface area contributed by atoms with Gasteiger partial charge >= 0.3 is 0 Å². The lowest BCUT2D eigenvalue weighted by molar-refractivity contribution is 0.173. The van der Waals surface area contributed by atoms with E-state index in [1.54, 1.807) is 0 Å². The molecule has 5 rings (SSSR count). The second-order valence-electron chi connectivity index (χ2n) is 7.81. The first-order chi connectivity index (χ1) is 14.8. The fourth-order valence-electron chi connectivity index (χ4n) is 4.27. The van der Waals surface area contributed by atoms with Gasteiger partial charge in [0.25, 0.3) is 0 Å². The lowest BCUT2D eigenvalue weighted by atomic mass is 9.81. The third-order valence-corrected chi connectivity index (χ3v) is 5.93. The monoisotopic (exact) mass is 441 g/mol. The summed E-state index contributed by atoms with van der Waals surface area (Å²) in [5.74, 6) is 2.90. The molecule has 4 nitrogen and oxygen atoms in total. The van der Waals surface area contributed by atoms with Gasteiger partial charge in [-0.25, -0.2) is 4.39 Å². The molecule has 0 aromatic heterocycles. The maximum atomic E-state index is 13.2. The van der Waals surface area contributed by atoms with Crippen molar-refractivity contribution in [2.24, 2.45) is 5.92 Å². The Balaban J connectivity index is 0.00000231. The van der Waals surface area contributed by atoms with Crippen molar-refractivity contribution in [1.29, 1.82) is 0 Å². The van der Waals surface area contributed by atoms with E-state index in [0.29, 0.717) is 18.4 Å². The van der Waals surface area contributed by atoms with Crippen molar-refractivity contribution < 1.29 is 18.6 Å². The maximum Gasteiger partial charge on any atom is 0.231 e. The molecule has 3 aromatic carbocycles. The second-order valence-corrected chi connectivity index (χ2v) is 7.81. The van der Waals surface area contributed by atoms with Gasteiger partial charge in [-0.15, -0.1) is 12.4 Å². The molecule has 0 amide bonds. The fourth-order valence-corrected chi connectivity index (χ4v) is 4.27. The van der Waals surface area contributed by atoms with Crippen LogP contribution in [0.15, 0.2) is 66.7 Å². The minimum atomic E-state index is -0.213. The molecule has 0 bridgehead atoms. The lowest BCUT2D eigenvalue weighted by Crippen LogP contribution is -2.38. The molecule has 6 heteroatoms. The minimum Gasteiger partial charge on any atom is -0.493 e. The number of hydrogen-bond acceptors (Lipinski definition) is 4. The predicted molar refractivity (Wildman–Crippen MR) is 121 cm³/mol. The number of hydrogen-bond donors (Lipinski definition) is 1. The molecule has 0 unspecified atom stereocenters. The van der Waals surface area contributed by atoms with E-state index in [9.17, 15) is 4.39 Å². The Morgan fingerprint density at radius 3 is 2.39 bits per heavy atom. The lowest BCUT2D eigenvalue weighted by Gasteiger charge is -2.32. The quantitative estimate of drug-likeness (QED) is 0.574. The zero-order valence-electron chi connectivity index (χ0n) is 17.1. The summed E-state index contributed by atoms with van der Waals surface area (Å²) >= 11 is 0. The summed E-state index contributed by atoms with van der Waals surface area (Å²) in [4.78, 5) is 0. The number of nitrogens with one attached hydrogen (secondary N) is 1. The van der Waals surface area contributed by atoms with Crippen LogP contribution in [0.4, 0.5) is 4.39 Å². The number of fused-ring (bicyclic) bond motifs is 1. The highest BCUT2D eigenvalue weighted by Gasteiger charge is 2.27. The molecule has 1 fully saturated rings. The average molecular weight is 442 g/mol. The second kappa shape index (κ2) is 9.58. The molecule has 2 aliphatic rings. The Kier molecular flexibility index (Phi) is 6.64. The molecule has 31 heavy (non-hydrogen) atoms. The van der Waals surface area contributed by atoms with Gasteiger partial charge in [0.1, 0.15) is 11.6 Å². The van der Waals surface area contributed by atoms with Crippen LogP contribution < -0.4 is 19.5 Å². The number of ether oxygens (including phenoxy) is 3. The molecule has 3 aromatic rings. The minimum absolute atomic E-state index is 0. The smallest absolute Gasteiger partial charge is 0.231 e. The number of piperidine rings is 1.